The quantitative estimate of drug-likeness (QED) is 0.676. The second kappa shape index (κ2) is 3.30. The van der Waals surface area contributed by atoms with Crippen LogP contribution < -0.4 is 0 Å². The van der Waals surface area contributed by atoms with Gasteiger partial charge in [0.2, 0.25) is 0 Å². The summed E-state index contributed by atoms with van der Waals surface area (Å²) in [5, 5.41) is 8.25. The van der Waals surface area contributed by atoms with Crippen molar-refractivity contribution < 1.29 is 0 Å². The molecular weight excluding hydrogens is 166 g/mol. The molecule has 66 valence electrons. The Morgan fingerprint density at radius 2 is 2.15 bits per heavy atom. The summed E-state index contributed by atoms with van der Waals surface area (Å²) in [6, 6.07) is 0. The van der Waals surface area contributed by atoms with Gasteiger partial charge in [-0.15, -0.1) is 0 Å². The first-order valence-electron chi connectivity index (χ1n) is 4.06. The molecule has 5 nitrogen and oxygen atoms in total. The molecule has 13 heavy (non-hydrogen) atoms. The molecule has 0 atom stereocenters. The van der Waals surface area contributed by atoms with E-state index in [1.807, 2.05) is 6.92 Å². The van der Waals surface area contributed by atoms with Crippen molar-refractivity contribution in [3.05, 3.63) is 24.8 Å². The van der Waals surface area contributed by atoms with Gasteiger partial charge in [0.1, 0.15) is 11.4 Å². The van der Waals surface area contributed by atoms with Crippen LogP contribution in [0.25, 0.3) is 11.4 Å². The van der Waals surface area contributed by atoms with E-state index in [-0.39, 0.29) is 0 Å². The Balaban J connectivity index is 2.36. The van der Waals surface area contributed by atoms with Crippen molar-refractivity contribution in [2.45, 2.75) is 13.5 Å². The van der Waals surface area contributed by atoms with E-state index < -0.39 is 0 Å². The van der Waals surface area contributed by atoms with Gasteiger partial charge in [0, 0.05) is 12.4 Å². The van der Waals surface area contributed by atoms with E-state index in [2.05, 4.69) is 20.2 Å². The third kappa shape index (κ3) is 1.53. The molecule has 2 rings (SSSR count). The lowest BCUT2D eigenvalue weighted by atomic mass is 10.3. The molecule has 0 N–H and O–H groups in total. The first kappa shape index (κ1) is 7.85. The van der Waals surface area contributed by atoms with Gasteiger partial charge in [0.15, 0.2) is 0 Å². The van der Waals surface area contributed by atoms with Gasteiger partial charge in [-0.3, -0.25) is 9.97 Å². The second-order valence-electron chi connectivity index (χ2n) is 2.51. The minimum absolute atomic E-state index is 0.752. The lowest BCUT2D eigenvalue weighted by Gasteiger charge is -1.92. The number of hydrogen-bond acceptors (Lipinski definition) is 4. The molecule has 0 aromatic carbocycles. The van der Waals surface area contributed by atoms with Crippen molar-refractivity contribution >= 4 is 0 Å². The van der Waals surface area contributed by atoms with Crippen LogP contribution in [-0.4, -0.2) is 25.0 Å². The number of aromatic nitrogens is 5. The molecule has 0 saturated carbocycles. The van der Waals surface area contributed by atoms with Gasteiger partial charge in [-0.1, -0.05) is 0 Å². The van der Waals surface area contributed by atoms with E-state index in [0.29, 0.717) is 0 Å². The number of rotatable bonds is 2. The maximum absolute atomic E-state index is 4.20. The molecule has 0 bridgehead atoms. The smallest absolute Gasteiger partial charge is 0.133 e. The largest absolute Gasteiger partial charge is 0.261 e. The molecule has 0 aliphatic rings. The number of aryl methyl sites for hydroxylation is 1. The molecule has 0 aliphatic carbocycles. The van der Waals surface area contributed by atoms with E-state index in [1.165, 1.54) is 0 Å². The fourth-order valence-electron chi connectivity index (χ4n) is 0.998. The summed E-state index contributed by atoms with van der Waals surface area (Å²) in [5.41, 5.74) is 1.51. The monoisotopic (exact) mass is 175 g/mol. The van der Waals surface area contributed by atoms with Crippen molar-refractivity contribution in [1.29, 1.82) is 0 Å². The van der Waals surface area contributed by atoms with Crippen molar-refractivity contribution in [3.8, 4) is 11.4 Å². The Morgan fingerprint density at radius 1 is 1.23 bits per heavy atom. The van der Waals surface area contributed by atoms with E-state index >= 15 is 0 Å². The standard InChI is InChI=1S/C8H9N5/c1-2-13-11-6-8(12-13)7-5-9-3-4-10-7/h3-6H,2H2,1H3. The Bertz CT molecular complexity index is 380. The van der Waals surface area contributed by atoms with Gasteiger partial charge in [-0.2, -0.15) is 15.0 Å². The van der Waals surface area contributed by atoms with E-state index in [1.54, 1.807) is 29.6 Å². The zero-order valence-electron chi connectivity index (χ0n) is 7.25. The molecule has 0 unspecified atom stereocenters. The van der Waals surface area contributed by atoms with E-state index in [4.69, 9.17) is 0 Å². The fourth-order valence-corrected chi connectivity index (χ4v) is 0.998. The van der Waals surface area contributed by atoms with Crippen LogP contribution in [-0.2, 0) is 6.54 Å². The Kier molecular flexibility index (Phi) is 1.99. The van der Waals surface area contributed by atoms with Crippen LogP contribution in [0.3, 0.4) is 0 Å². The fraction of sp³-hybridized carbons (Fsp3) is 0.250. The van der Waals surface area contributed by atoms with Crippen LogP contribution >= 0.6 is 0 Å². The highest BCUT2D eigenvalue weighted by Gasteiger charge is 2.02. The van der Waals surface area contributed by atoms with Gasteiger partial charge in [0.05, 0.1) is 18.9 Å². The van der Waals surface area contributed by atoms with Gasteiger partial charge in [-0.05, 0) is 6.92 Å². The average Bonchev–Trinajstić information content (AvgIpc) is 2.67. The van der Waals surface area contributed by atoms with Crippen molar-refractivity contribution in [2.75, 3.05) is 0 Å². The normalized spacial score (nSPS) is 10.2. The van der Waals surface area contributed by atoms with Crippen molar-refractivity contribution in [2.24, 2.45) is 0 Å². The molecule has 0 fully saturated rings. The topological polar surface area (TPSA) is 56.5 Å². The molecule has 0 aliphatic heterocycles. The summed E-state index contributed by atoms with van der Waals surface area (Å²) >= 11 is 0. The van der Waals surface area contributed by atoms with Crippen LogP contribution in [0.4, 0.5) is 0 Å². The molecule has 2 aromatic rings. The summed E-state index contributed by atoms with van der Waals surface area (Å²) < 4.78 is 0. The Morgan fingerprint density at radius 3 is 2.77 bits per heavy atom. The first-order valence-corrected chi connectivity index (χ1v) is 4.06. The average molecular weight is 175 g/mol. The third-order valence-corrected chi connectivity index (χ3v) is 1.64. The van der Waals surface area contributed by atoms with E-state index in [9.17, 15) is 0 Å². The highest BCUT2D eigenvalue weighted by atomic mass is 15.5. The highest BCUT2D eigenvalue weighted by Crippen LogP contribution is 2.09. The summed E-state index contributed by atoms with van der Waals surface area (Å²) in [6.45, 7) is 2.75. The van der Waals surface area contributed by atoms with Crippen molar-refractivity contribution in [3.63, 3.8) is 0 Å². The molecule has 0 amide bonds. The minimum atomic E-state index is 0.752. The minimum Gasteiger partial charge on any atom is -0.261 e. The summed E-state index contributed by atoms with van der Waals surface area (Å²) in [4.78, 5) is 9.69. The Labute approximate surface area is 75.5 Å². The molecule has 2 heterocycles. The maximum Gasteiger partial charge on any atom is 0.133 e. The van der Waals surface area contributed by atoms with Crippen LogP contribution in [0.2, 0.25) is 0 Å². The molecule has 0 saturated heterocycles. The summed E-state index contributed by atoms with van der Waals surface area (Å²) in [5.74, 6) is 0. The lowest BCUT2D eigenvalue weighted by Crippen LogP contribution is -1.98. The second-order valence-corrected chi connectivity index (χ2v) is 2.51. The van der Waals surface area contributed by atoms with Gasteiger partial charge in [0.25, 0.3) is 0 Å². The van der Waals surface area contributed by atoms with Gasteiger partial charge in [-0.25, -0.2) is 0 Å². The van der Waals surface area contributed by atoms with Gasteiger partial charge < -0.3 is 0 Å². The molecule has 0 spiro atoms. The SMILES string of the molecule is CCn1ncc(-c2cnccn2)n1. The van der Waals surface area contributed by atoms with Crippen LogP contribution in [0, 0.1) is 0 Å². The number of nitrogens with zero attached hydrogens (tertiary/aromatic N) is 5. The van der Waals surface area contributed by atoms with E-state index in [0.717, 1.165) is 17.9 Å². The Hall–Kier alpha value is -1.78. The molecule has 5 heteroatoms. The predicted molar refractivity (Wildman–Crippen MR) is 46.7 cm³/mol. The summed E-state index contributed by atoms with van der Waals surface area (Å²) in [6.07, 6.45) is 6.63. The lowest BCUT2D eigenvalue weighted by molar-refractivity contribution is 0.570. The van der Waals surface area contributed by atoms with Crippen molar-refractivity contribution in [1.82, 2.24) is 25.0 Å². The zero-order chi connectivity index (χ0) is 9.10. The van der Waals surface area contributed by atoms with Gasteiger partial charge >= 0.3 is 0 Å². The maximum atomic E-state index is 4.20. The highest BCUT2D eigenvalue weighted by molar-refractivity contribution is 5.49. The van der Waals surface area contributed by atoms with Crippen LogP contribution in [0.15, 0.2) is 24.8 Å². The van der Waals surface area contributed by atoms with Crippen LogP contribution in [0.1, 0.15) is 6.92 Å². The number of hydrogen-bond donors (Lipinski definition) is 0. The van der Waals surface area contributed by atoms with Crippen LogP contribution in [0.5, 0.6) is 0 Å². The summed E-state index contributed by atoms with van der Waals surface area (Å²) in [7, 11) is 0. The molecule has 0 radical (unpaired) electrons. The molecular formula is C8H9N5. The third-order valence-electron chi connectivity index (χ3n) is 1.64. The zero-order valence-corrected chi connectivity index (χ0v) is 7.25. The molecule has 2 aromatic heterocycles. The predicted octanol–water partition coefficient (Wildman–Crippen LogP) is 0.755. The first-order chi connectivity index (χ1) is 6.40.